The Kier molecular flexibility index (Phi) is 2.35. The van der Waals surface area contributed by atoms with Gasteiger partial charge in [0, 0.05) is 18.3 Å². The third kappa shape index (κ3) is 1.42. The molecule has 0 radical (unpaired) electrons. The second-order valence-corrected chi connectivity index (χ2v) is 5.56. The highest BCUT2D eigenvalue weighted by atomic mass is 16.1. The van der Waals surface area contributed by atoms with Crippen molar-refractivity contribution < 1.29 is 4.79 Å². The zero-order valence-electron chi connectivity index (χ0n) is 9.43. The lowest BCUT2D eigenvalue weighted by Gasteiger charge is -2.38. The molecule has 2 nitrogen and oxygen atoms in total. The minimum Gasteiger partial charge on any atom is -0.299 e. The number of fused-ring (bicyclic) bond motifs is 3. The van der Waals surface area contributed by atoms with Gasteiger partial charge >= 0.3 is 0 Å². The molecule has 3 aliphatic rings. The first-order valence-corrected chi connectivity index (χ1v) is 6.40. The molecule has 5 atom stereocenters. The average molecular weight is 215 g/mol. The summed E-state index contributed by atoms with van der Waals surface area (Å²) in [7, 11) is 0. The van der Waals surface area contributed by atoms with Gasteiger partial charge in [-0.25, -0.2) is 0 Å². The lowest BCUT2D eigenvalue weighted by Crippen LogP contribution is -2.36. The molecule has 0 unspecified atom stereocenters. The molecule has 0 spiro atoms. The first-order valence-electron chi connectivity index (χ1n) is 6.40. The maximum atomic E-state index is 11.9. The number of nitriles is 1. The number of hydrogen-bond acceptors (Lipinski definition) is 2. The van der Waals surface area contributed by atoms with Crippen molar-refractivity contribution in [3.8, 4) is 6.07 Å². The van der Waals surface area contributed by atoms with Crippen LogP contribution in [0, 0.1) is 40.9 Å². The molecular weight excluding hydrogens is 198 g/mol. The molecule has 84 valence electrons. The lowest BCUT2D eigenvalue weighted by atomic mass is 9.65. The monoisotopic (exact) mass is 215 g/mol. The number of hydrogen-bond donors (Lipinski definition) is 0. The third-order valence-corrected chi connectivity index (χ3v) is 4.76. The lowest BCUT2D eigenvalue weighted by molar-refractivity contribution is -0.126. The van der Waals surface area contributed by atoms with Crippen LogP contribution < -0.4 is 0 Å². The van der Waals surface area contributed by atoms with Crippen LogP contribution >= 0.6 is 0 Å². The molecule has 0 bridgehead atoms. The SMILES string of the molecule is N#C[C@H]1C[C@H]2[C@H]3CCCC(=O)[C@@H]3C=C[C@H]2C1. The van der Waals surface area contributed by atoms with Crippen molar-refractivity contribution in [2.75, 3.05) is 0 Å². The number of nitrogens with zero attached hydrogens (tertiary/aromatic N) is 1. The van der Waals surface area contributed by atoms with Crippen LogP contribution in [0.25, 0.3) is 0 Å². The predicted molar refractivity (Wildman–Crippen MR) is 60.3 cm³/mol. The molecule has 2 heteroatoms. The molecule has 3 aliphatic carbocycles. The molecular formula is C14H17NO. The molecule has 0 amide bonds. The molecule has 2 fully saturated rings. The fraction of sp³-hybridized carbons (Fsp3) is 0.714. The van der Waals surface area contributed by atoms with Crippen molar-refractivity contribution in [1.29, 1.82) is 5.26 Å². The fourth-order valence-corrected chi connectivity index (χ4v) is 4.01. The first kappa shape index (κ1) is 10.1. The van der Waals surface area contributed by atoms with Crippen molar-refractivity contribution in [3.63, 3.8) is 0 Å². The van der Waals surface area contributed by atoms with Crippen LogP contribution in [0.1, 0.15) is 32.1 Å². The van der Waals surface area contributed by atoms with Crippen LogP contribution in [0.3, 0.4) is 0 Å². The second-order valence-electron chi connectivity index (χ2n) is 5.56. The van der Waals surface area contributed by atoms with Gasteiger partial charge in [0.2, 0.25) is 0 Å². The van der Waals surface area contributed by atoms with Crippen LogP contribution in [-0.2, 0) is 4.79 Å². The number of ketones is 1. The van der Waals surface area contributed by atoms with E-state index in [4.69, 9.17) is 5.26 Å². The zero-order valence-corrected chi connectivity index (χ0v) is 9.43. The van der Waals surface area contributed by atoms with Crippen LogP contribution in [0.5, 0.6) is 0 Å². The molecule has 0 aromatic carbocycles. The molecule has 2 saturated carbocycles. The van der Waals surface area contributed by atoms with Gasteiger partial charge in [-0.1, -0.05) is 12.2 Å². The van der Waals surface area contributed by atoms with Crippen LogP contribution in [0.15, 0.2) is 12.2 Å². The average Bonchev–Trinajstić information content (AvgIpc) is 2.72. The molecule has 3 rings (SSSR count). The van der Waals surface area contributed by atoms with Gasteiger partial charge in [-0.05, 0) is 43.4 Å². The maximum absolute atomic E-state index is 11.9. The Morgan fingerprint density at radius 3 is 2.94 bits per heavy atom. The second kappa shape index (κ2) is 3.73. The number of carbonyl (C=O) groups is 1. The minimum atomic E-state index is 0.187. The van der Waals surface area contributed by atoms with Crippen LogP contribution in [-0.4, -0.2) is 5.78 Å². The number of carbonyl (C=O) groups excluding carboxylic acids is 1. The molecule has 16 heavy (non-hydrogen) atoms. The molecule has 0 heterocycles. The molecule has 0 saturated heterocycles. The molecule has 0 aliphatic heterocycles. The highest BCUT2D eigenvalue weighted by Gasteiger charge is 2.45. The van der Waals surface area contributed by atoms with Crippen molar-refractivity contribution in [2.45, 2.75) is 32.1 Å². The summed E-state index contributed by atoms with van der Waals surface area (Å²) in [6.45, 7) is 0. The van der Waals surface area contributed by atoms with E-state index in [1.165, 1.54) is 6.42 Å². The van der Waals surface area contributed by atoms with Gasteiger partial charge < -0.3 is 0 Å². The first-order chi connectivity index (χ1) is 7.79. The zero-order chi connectivity index (χ0) is 11.1. The largest absolute Gasteiger partial charge is 0.299 e. The van der Waals surface area contributed by atoms with E-state index in [1.54, 1.807) is 0 Å². The van der Waals surface area contributed by atoms with E-state index in [0.717, 1.165) is 25.7 Å². The summed E-state index contributed by atoms with van der Waals surface area (Å²) >= 11 is 0. The van der Waals surface area contributed by atoms with Crippen molar-refractivity contribution in [2.24, 2.45) is 29.6 Å². The fourth-order valence-electron chi connectivity index (χ4n) is 4.01. The van der Waals surface area contributed by atoms with Gasteiger partial charge in [0.15, 0.2) is 0 Å². The Morgan fingerprint density at radius 2 is 2.12 bits per heavy atom. The van der Waals surface area contributed by atoms with E-state index in [1.807, 2.05) is 0 Å². The van der Waals surface area contributed by atoms with E-state index in [0.29, 0.717) is 23.5 Å². The van der Waals surface area contributed by atoms with Crippen molar-refractivity contribution in [1.82, 2.24) is 0 Å². The number of allylic oxidation sites excluding steroid dienone is 2. The van der Waals surface area contributed by atoms with Crippen molar-refractivity contribution >= 4 is 5.78 Å². The topological polar surface area (TPSA) is 40.9 Å². The molecule has 0 aromatic rings. The van der Waals surface area contributed by atoms with Crippen LogP contribution in [0.2, 0.25) is 0 Å². The summed E-state index contributed by atoms with van der Waals surface area (Å²) in [5.41, 5.74) is 0. The minimum absolute atomic E-state index is 0.187. The smallest absolute Gasteiger partial charge is 0.140 e. The van der Waals surface area contributed by atoms with Crippen LogP contribution in [0.4, 0.5) is 0 Å². The Bertz CT molecular complexity index is 379. The van der Waals surface area contributed by atoms with Gasteiger partial charge in [0.1, 0.15) is 5.78 Å². The summed E-state index contributed by atoms with van der Waals surface area (Å²) < 4.78 is 0. The van der Waals surface area contributed by atoms with Gasteiger partial charge in [-0.3, -0.25) is 4.79 Å². The van der Waals surface area contributed by atoms with E-state index in [2.05, 4.69) is 18.2 Å². The van der Waals surface area contributed by atoms with Gasteiger partial charge in [0.25, 0.3) is 0 Å². The third-order valence-electron chi connectivity index (χ3n) is 4.76. The summed E-state index contributed by atoms with van der Waals surface area (Å²) in [5.74, 6) is 2.60. The number of rotatable bonds is 0. The Morgan fingerprint density at radius 1 is 1.25 bits per heavy atom. The summed E-state index contributed by atoms with van der Waals surface area (Å²) in [6.07, 6.45) is 9.45. The maximum Gasteiger partial charge on any atom is 0.140 e. The standard InChI is InChI=1S/C14H17NO/c15-8-9-6-10-4-5-12-11(13(10)7-9)2-1-3-14(12)16/h4-5,9-13H,1-3,6-7H2/t9-,10+,11+,12-,13-/m1/s1. The Hall–Kier alpha value is -1.10. The normalized spacial score (nSPS) is 45.9. The quantitative estimate of drug-likeness (QED) is 0.583. The summed E-state index contributed by atoms with van der Waals surface area (Å²) in [6, 6.07) is 2.41. The highest BCUT2D eigenvalue weighted by Crippen LogP contribution is 2.50. The van der Waals surface area contributed by atoms with Gasteiger partial charge in [-0.2, -0.15) is 5.26 Å². The predicted octanol–water partition coefficient (Wildman–Crippen LogP) is 2.71. The Balaban J connectivity index is 1.86. The van der Waals surface area contributed by atoms with E-state index in [-0.39, 0.29) is 11.8 Å². The number of Topliss-reactive ketones (excluding diaryl/α,β-unsaturated/α-hetero) is 1. The highest BCUT2D eigenvalue weighted by molar-refractivity contribution is 5.84. The molecule has 0 aromatic heterocycles. The van der Waals surface area contributed by atoms with Gasteiger partial charge in [0.05, 0.1) is 6.07 Å². The van der Waals surface area contributed by atoms with E-state index < -0.39 is 0 Å². The van der Waals surface area contributed by atoms with Crippen molar-refractivity contribution in [3.05, 3.63) is 12.2 Å². The Labute approximate surface area is 96.3 Å². The van der Waals surface area contributed by atoms with E-state index in [9.17, 15) is 4.79 Å². The van der Waals surface area contributed by atoms with E-state index >= 15 is 0 Å². The van der Waals surface area contributed by atoms with Gasteiger partial charge in [-0.15, -0.1) is 0 Å². The molecule has 0 N–H and O–H groups in total. The summed E-state index contributed by atoms with van der Waals surface area (Å²) in [4.78, 5) is 11.9. The summed E-state index contributed by atoms with van der Waals surface area (Å²) in [5, 5.41) is 9.02.